The number of non-ortho nitro benzene ring substituents is 1. The van der Waals surface area contributed by atoms with Gasteiger partial charge in [-0.25, -0.2) is 0 Å². The molecule has 1 saturated heterocycles. The molecule has 0 bridgehead atoms. The van der Waals surface area contributed by atoms with Gasteiger partial charge in [-0.3, -0.25) is 19.8 Å². The normalized spacial score (nSPS) is 16.0. The highest BCUT2D eigenvalue weighted by atomic mass is 35.5. The molecule has 8 heteroatoms. The van der Waals surface area contributed by atoms with Crippen LogP contribution < -0.4 is 4.90 Å². The zero-order valence-electron chi connectivity index (χ0n) is 13.0. The average Bonchev–Trinajstić information content (AvgIpc) is 2.80. The van der Waals surface area contributed by atoms with Crippen molar-refractivity contribution in [3.63, 3.8) is 0 Å². The Balaban J connectivity index is 1.94. The van der Waals surface area contributed by atoms with Gasteiger partial charge in [-0.05, 0) is 60.3 Å². The first-order valence-corrected chi connectivity index (χ1v) is 8.01. The number of thiocarbonyl (C=S) groups is 1. The molecule has 3 rings (SSSR count). The molecule has 1 heterocycles. The van der Waals surface area contributed by atoms with Crippen LogP contribution in [-0.4, -0.2) is 27.9 Å². The molecule has 0 spiro atoms. The second-order valence-corrected chi connectivity index (χ2v) is 6.14. The molecule has 0 unspecified atom stereocenters. The van der Waals surface area contributed by atoms with E-state index in [2.05, 4.69) is 0 Å². The fraction of sp³-hybridized carbons (Fsp3) is 0.0588. The number of hydrogen-bond acceptors (Lipinski definition) is 4. The van der Waals surface area contributed by atoms with Crippen molar-refractivity contribution in [2.75, 3.05) is 11.9 Å². The van der Waals surface area contributed by atoms with Crippen LogP contribution in [0.4, 0.5) is 11.4 Å². The van der Waals surface area contributed by atoms with Crippen LogP contribution in [0.1, 0.15) is 5.56 Å². The monoisotopic (exact) mass is 373 g/mol. The van der Waals surface area contributed by atoms with Gasteiger partial charge in [-0.2, -0.15) is 0 Å². The average molecular weight is 374 g/mol. The predicted molar refractivity (Wildman–Crippen MR) is 100 cm³/mol. The minimum absolute atomic E-state index is 0.00781. The molecule has 1 fully saturated rings. The number of halogens is 1. The minimum atomic E-state index is -0.471. The molecule has 1 aliphatic rings. The standard InChI is InChI=1S/C17H12ClN3O3S/c1-19-15(10-11-2-6-14(7-3-11)21(23)24)16(22)20(17(19)25)13-8-4-12(18)5-9-13/h2-10H,1H3/b15-10-. The Kier molecular flexibility index (Phi) is 4.52. The lowest BCUT2D eigenvalue weighted by Crippen LogP contribution is -2.31. The molecule has 25 heavy (non-hydrogen) atoms. The van der Waals surface area contributed by atoms with Crippen LogP contribution in [0.5, 0.6) is 0 Å². The van der Waals surface area contributed by atoms with Gasteiger partial charge in [0.2, 0.25) is 0 Å². The van der Waals surface area contributed by atoms with Crippen LogP contribution in [0.3, 0.4) is 0 Å². The second-order valence-electron chi connectivity index (χ2n) is 5.34. The maximum atomic E-state index is 12.8. The van der Waals surface area contributed by atoms with Gasteiger partial charge in [0, 0.05) is 24.2 Å². The summed E-state index contributed by atoms with van der Waals surface area (Å²) in [6.45, 7) is 0. The van der Waals surface area contributed by atoms with Crippen molar-refractivity contribution in [1.82, 2.24) is 4.90 Å². The molecule has 0 aromatic heterocycles. The first kappa shape index (κ1) is 17.1. The van der Waals surface area contributed by atoms with E-state index in [1.165, 1.54) is 17.0 Å². The fourth-order valence-corrected chi connectivity index (χ4v) is 2.84. The number of likely N-dealkylation sites (N-methyl/N-ethyl adjacent to an activating group) is 1. The van der Waals surface area contributed by atoms with Gasteiger partial charge in [-0.1, -0.05) is 11.6 Å². The Hall–Kier alpha value is -2.77. The Morgan fingerprint density at radius 2 is 1.72 bits per heavy atom. The maximum Gasteiger partial charge on any atom is 0.281 e. The quantitative estimate of drug-likeness (QED) is 0.354. The van der Waals surface area contributed by atoms with Crippen molar-refractivity contribution >= 4 is 52.3 Å². The molecule has 1 aliphatic heterocycles. The van der Waals surface area contributed by atoms with Crippen LogP contribution >= 0.6 is 23.8 Å². The minimum Gasteiger partial charge on any atom is -0.317 e. The molecule has 0 atom stereocenters. The van der Waals surface area contributed by atoms with E-state index < -0.39 is 4.92 Å². The molecule has 0 N–H and O–H groups in total. The van der Waals surface area contributed by atoms with Crippen molar-refractivity contribution < 1.29 is 9.72 Å². The molecule has 0 aliphatic carbocycles. The van der Waals surface area contributed by atoms with Crippen molar-refractivity contribution in [2.45, 2.75) is 0 Å². The lowest BCUT2D eigenvalue weighted by atomic mass is 10.1. The maximum absolute atomic E-state index is 12.8. The fourth-order valence-electron chi connectivity index (χ4n) is 2.42. The summed E-state index contributed by atoms with van der Waals surface area (Å²) in [5.41, 5.74) is 1.67. The van der Waals surface area contributed by atoms with E-state index in [1.807, 2.05) is 0 Å². The van der Waals surface area contributed by atoms with E-state index >= 15 is 0 Å². The van der Waals surface area contributed by atoms with Gasteiger partial charge in [0.15, 0.2) is 5.11 Å². The molecule has 2 aromatic rings. The Morgan fingerprint density at radius 1 is 1.12 bits per heavy atom. The molecule has 0 saturated carbocycles. The van der Waals surface area contributed by atoms with Crippen LogP contribution in [0.15, 0.2) is 54.2 Å². The van der Waals surface area contributed by atoms with Gasteiger partial charge in [-0.15, -0.1) is 0 Å². The summed E-state index contributed by atoms with van der Waals surface area (Å²) in [5, 5.41) is 11.6. The number of benzene rings is 2. The van der Waals surface area contributed by atoms with Gasteiger partial charge < -0.3 is 4.90 Å². The first-order chi connectivity index (χ1) is 11.9. The summed E-state index contributed by atoms with van der Waals surface area (Å²) >= 11 is 11.3. The van der Waals surface area contributed by atoms with E-state index in [0.717, 1.165) is 0 Å². The number of rotatable bonds is 3. The highest BCUT2D eigenvalue weighted by Gasteiger charge is 2.36. The summed E-state index contributed by atoms with van der Waals surface area (Å²) < 4.78 is 0. The zero-order valence-corrected chi connectivity index (χ0v) is 14.6. The summed E-state index contributed by atoms with van der Waals surface area (Å²) in [6, 6.07) is 12.8. The SMILES string of the molecule is CN1C(=S)N(c2ccc(Cl)cc2)C(=O)/C1=C/c1ccc([N+](=O)[O-])cc1. The first-order valence-electron chi connectivity index (χ1n) is 7.22. The van der Waals surface area contributed by atoms with E-state index in [-0.39, 0.29) is 11.6 Å². The molecular formula is C17H12ClN3O3S. The number of carbonyl (C=O) groups excluding carboxylic acids is 1. The molecule has 1 amide bonds. The number of nitro groups is 1. The van der Waals surface area contributed by atoms with Crippen molar-refractivity contribution in [3.8, 4) is 0 Å². The molecular weight excluding hydrogens is 362 g/mol. The van der Waals surface area contributed by atoms with Gasteiger partial charge in [0.25, 0.3) is 11.6 Å². The molecule has 126 valence electrons. The molecule has 0 radical (unpaired) electrons. The summed E-state index contributed by atoms with van der Waals surface area (Å²) in [7, 11) is 1.70. The number of nitrogens with zero attached hydrogens (tertiary/aromatic N) is 3. The van der Waals surface area contributed by atoms with Gasteiger partial charge >= 0.3 is 0 Å². The molecule has 6 nitrogen and oxygen atoms in total. The van der Waals surface area contributed by atoms with Crippen LogP contribution in [0.2, 0.25) is 5.02 Å². The summed E-state index contributed by atoms with van der Waals surface area (Å²) in [5.74, 6) is -0.270. The van der Waals surface area contributed by atoms with Gasteiger partial charge in [0.05, 0.1) is 10.6 Å². The van der Waals surface area contributed by atoms with Crippen molar-refractivity contribution in [3.05, 3.63) is 74.9 Å². The summed E-state index contributed by atoms with van der Waals surface area (Å²) in [6.07, 6.45) is 1.65. The van der Waals surface area contributed by atoms with Crippen molar-refractivity contribution in [1.29, 1.82) is 0 Å². The lowest BCUT2D eigenvalue weighted by Gasteiger charge is -2.16. The Morgan fingerprint density at radius 3 is 2.28 bits per heavy atom. The number of carbonyl (C=O) groups is 1. The van der Waals surface area contributed by atoms with Crippen molar-refractivity contribution in [2.24, 2.45) is 0 Å². The highest BCUT2D eigenvalue weighted by molar-refractivity contribution is 7.80. The second kappa shape index (κ2) is 6.62. The van der Waals surface area contributed by atoms with Gasteiger partial charge in [0.1, 0.15) is 5.70 Å². The third-order valence-electron chi connectivity index (χ3n) is 3.75. The largest absolute Gasteiger partial charge is 0.317 e. The van der Waals surface area contributed by atoms with Crippen LogP contribution in [-0.2, 0) is 4.79 Å². The van der Waals surface area contributed by atoms with E-state index in [1.54, 1.807) is 54.4 Å². The lowest BCUT2D eigenvalue weighted by molar-refractivity contribution is -0.384. The Labute approximate surface area is 154 Å². The highest BCUT2D eigenvalue weighted by Crippen LogP contribution is 2.29. The van der Waals surface area contributed by atoms with E-state index in [0.29, 0.717) is 27.1 Å². The number of amides is 1. The van der Waals surface area contributed by atoms with E-state index in [9.17, 15) is 14.9 Å². The van der Waals surface area contributed by atoms with Crippen LogP contribution in [0, 0.1) is 10.1 Å². The third-order valence-corrected chi connectivity index (χ3v) is 4.46. The number of hydrogen-bond donors (Lipinski definition) is 0. The topological polar surface area (TPSA) is 66.7 Å². The third kappa shape index (κ3) is 3.24. The Bertz CT molecular complexity index is 894. The van der Waals surface area contributed by atoms with E-state index in [4.69, 9.17) is 23.8 Å². The number of nitro benzene ring substituents is 1. The zero-order chi connectivity index (χ0) is 18.1. The molecule has 2 aromatic carbocycles. The van der Waals surface area contributed by atoms with Crippen LogP contribution in [0.25, 0.3) is 6.08 Å². The summed E-state index contributed by atoms with van der Waals surface area (Å²) in [4.78, 5) is 26.1. The predicted octanol–water partition coefficient (Wildman–Crippen LogP) is 3.85. The number of anilines is 1. The smallest absolute Gasteiger partial charge is 0.281 e.